The summed E-state index contributed by atoms with van der Waals surface area (Å²) in [6, 6.07) is 3.76. The number of hydrogen-bond acceptors (Lipinski definition) is 3. The fourth-order valence-corrected chi connectivity index (χ4v) is 2.48. The number of aliphatic carboxylic acids is 1. The van der Waals surface area contributed by atoms with Gasteiger partial charge < -0.3 is 14.6 Å². The van der Waals surface area contributed by atoms with Crippen molar-refractivity contribution in [2.75, 3.05) is 14.2 Å². The van der Waals surface area contributed by atoms with Gasteiger partial charge in [0.1, 0.15) is 0 Å². The molecule has 1 aromatic carbocycles. The maximum Gasteiger partial charge on any atom is 0.314 e. The summed E-state index contributed by atoms with van der Waals surface area (Å²) in [6.45, 7) is 2.02. The normalized spacial score (nSPS) is 16.2. The molecule has 0 aromatic heterocycles. The molecule has 4 heteroatoms. The summed E-state index contributed by atoms with van der Waals surface area (Å²) in [5.41, 5.74) is 1.04. The zero-order chi connectivity index (χ0) is 13.3. The number of hydrogen-bond donors (Lipinski definition) is 1. The molecular formula is C14H18O4. The molecule has 18 heavy (non-hydrogen) atoms. The molecule has 1 saturated carbocycles. The van der Waals surface area contributed by atoms with Gasteiger partial charge >= 0.3 is 5.97 Å². The molecule has 0 atom stereocenters. The Balaban J connectivity index is 2.66. The topological polar surface area (TPSA) is 55.8 Å². The molecule has 4 nitrogen and oxygen atoms in total. The van der Waals surface area contributed by atoms with Crippen LogP contribution in [0.3, 0.4) is 0 Å². The summed E-state index contributed by atoms with van der Waals surface area (Å²) in [6.07, 6.45) is 2.11. The van der Waals surface area contributed by atoms with Crippen molar-refractivity contribution < 1.29 is 19.4 Å². The van der Waals surface area contributed by atoms with Gasteiger partial charge in [0.25, 0.3) is 0 Å². The Kier molecular flexibility index (Phi) is 3.20. The minimum Gasteiger partial charge on any atom is -0.493 e. The molecule has 2 rings (SSSR count). The molecule has 0 saturated heterocycles. The molecule has 0 radical (unpaired) electrons. The van der Waals surface area contributed by atoms with Crippen LogP contribution in [0.2, 0.25) is 0 Å². The Morgan fingerprint density at radius 1 is 1.33 bits per heavy atom. The largest absolute Gasteiger partial charge is 0.493 e. The van der Waals surface area contributed by atoms with E-state index in [9.17, 15) is 9.90 Å². The molecule has 0 aliphatic heterocycles. The molecule has 0 spiro atoms. The molecule has 1 N–H and O–H groups in total. The van der Waals surface area contributed by atoms with E-state index in [0.29, 0.717) is 24.3 Å². The second-order valence-electron chi connectivity index (χ2n) is 4.58. The number of carboxylic acid groups (broad SMARTS) is 1. The molecule has 0 heterocycles. The molecule has 0 unspecified atom stereocenters. The van der Waals surface area contributed by atoms with E-state index in [4.69, 9.17) is 9.47 Å². The third-order valence-corrected chi connectivity index (χ3v) is 3.65. The highest BCUT2D eigenvalue weighted by Gasteiger charge is 2.54. The van der Waals surface area contributed by atoms with Gasteiger partial charge in [-0.15, -0.1) is 0 Å². The molecule has 98 valence electrons. The summed E-state index contributed by atoms with van der Waals surface area (Å²) < 4.78 is 10.7. The van der Waals surface area contributed by atoms with Crippen LogP contribution in [0.5, 0.6) is 11.5 Å². The van der Waals surface area contributed by atoms with Gasteiger partial charge in [0.2, 0.25) is 0 Å². The van der Waals surface area contributed by atoms with Crippen LogP contribution in [0.15, 0.2) is 12.1 Å². The fraction of sp³-hybridized carbons (Fsp3) is 0.500. The predicted octanol–water partition coefficient (Wildman–Crippen LogP) is 2.38. The lowest BCUT2D eigenvalue weighted by molar-refractivity contribution is -0.140. The van der Waals surface area contributed by atoms with Crippen molar-refractivity contribution in [2.24, 2.45) is 0 Å². The van der Waals surface area contributed by atoms with Gasteiger partial charge in [-0.1, -0.05) is 13.0 Å². The number of benzene rings is 1. The van der Waals surface area contributed by atoms with Crippen molar-refractivity contribution in [3.05, 3.63) is 23.3 Å². The standard InChI is InChI=1S/C14H18O4/c1-4-9-5-6-10(17-2)12(18-3)11(9)14(7-8-14)13(15)16/h5-6H,4,7-8H2,1-3H3,(H,15,16). The smallest absolute Gasteiger partial charge is 0.314 e. The van der Waals surface area contributed by atoms with E-state index in [1.807, 2.05) is 19.1 Å². The first-order valence-corrected chi connectivity index (χ1v) is 6.08. The van der Waals surface area contributed by atoms with Crippen LogP contribution >= 0.6 is 0 Å². The highest BCUT2D eigenvalue weighted by Crippen LogP contribution is 2.54. The first kappa shape index (κ1) is 12.7. The van der Waals surface area contributed by atoms with E-state index in [1.54, 1.807) is 14.2 Å². The van der Waals surface area contributed by atoms with E-state index < -0.39 is 11.4 Å². The van der Waals surface area contributed by atoms with Gasteiger partial charge in [-0.25, -0.2) is 0 Å². The van der Waals surface area contributed by atoms with Crippen LogP contribution in [0.25, 0.3) is 0 Å². The molecule has 1 fully saturated rings. The second kappa shape index (κ2) is 4.52. The van der Waals surface area contributed by atoms with E-state index >= 15 is 0 Å². The zero-order valence-electron chi connectivity index (χ0n) is 10.9. The fourth-order valence-electron chi connectivity index (χ4n) is 2.48. The number of ether oxygens (including phenoxy) is 2. The number of methoxy groups -OCH3 is 2. The average Bonchev–Trinajstić information content (AvgIpc) is 3.18. The number of carboxylic acids is 1. The van der Waals surface area contributed by atoms with Crippen molar-refractivity contribution in [1.82, 2.24) is 0 Å². The Labute approximate surface area is 107 Å². The van der Waals surface area contributed by atoms with Crippen LogP contribution in [0.4, 0.5) is 0 Å². The van der Waals surface area contributed by atoms with E-state index in [0.717, 1.165) is 17.5 Å². The maximum atomic E-state index is 11.5. The summed E-state index contributed by atoms with van der Waals surface area (Å²) in [5, 5.41) is 9.46. The van der Waals surface area contributed by atoms with Crippen molar-refractivity contribution in [3.63, 3.8) is 0 Å². The van der Waals surface area contributed by atoms with Crippen molar-refractivity contribution in [3.8, 4) is 11.5 Å². The average molecular weight is 250 g/mol. The molecule has 1 aliphatic carbocycles. The number of carbonyl (C=O) groups is 1. The lowest BCUT2D eigenvalue weighted by Gasteiger charge is -2.20. The number of aryl methyl sites for hydroxylation is 1. The third-order valence-electron chi connectivity index (χ3n) is 3.65. The first-order valence-electron chi connectivity index (χ1n) is 6.08. The highest BCUT2D eigenvalue weighted by atomic mass is 16.5. The van der Waals surface area contributed by atoms with Crippen LogP contribution in [0, 0.1) is 0 Å². The predicted molar refractivity (Wildman–Crippen MR) is 67.5 cm³/mol. The van der Waals surface area contributed by atoms with Gasteiger partial charge in [-0.2, -0.15) is 0 Å². The molecular weight excluding hydrogens is 232 g/mol. The minimum atomic E-state index is -0.774. The highest BCUT2D eigenvalue weighted by molar-refractivity contribution is 5.87. The summed E-state index contributed by atoms with van der Waals surface area (Å²) in [5.74, 6) is 0.387. The SMILES string of the molecule is CCc1ccc(OC)c(OC)c1C1(C(=O)O)CC1. The van der Waals surface area contributed by atoms with E-state index in [1.165, 1.54) is 0 Å². The zero-order valence-corrected chi connectivity index (χ0v) is 10.9. The summed E-state index contributed by atoms with van der Waals surface area (Å²) >= 11 is 0. The Bertz CT molecular complexity index is 475. The maximum absolute atomic E-state index is 11.5. The Morgan fingerprint density at radius 3 is 2.39 bits per heavy atom. The molecule has 0 amide bonds. The first-order chi connectivity index (χ1) is 8.60. The summed E-state index contributed by atoms with van der Waals surface area (Å²) in [4.78, 5) is 11.5. The Hall–Kier alpha value is -1.71. The van der Waals surface area contributed by atoms with Crippen molar-refractivity contribution in [2.45, 2.75) is 31.6 Å². The molecule has 1 aromatic rings. The van der Waals surface area contributed by atoms with Crippen LogP contribution in [0.1, 0.15) is 30.9 Å². The van der Waals surface area contributed by atoms with Gasteiger partial charge in [0, 0.05) is 5.56 Å². The molecule has 0 bridgehead atoms. The second-order valence-corrected chi connectivity index (χ2v) is 4.58. The number of rotatable bonds is 5. The van der Waals surface area contributed by atoms with Crippen molar-refractivity contribution in [1.29, 1.82) is 0 Å². The molecule has 1 aliphatic rings. The quantitative estimate of drug-likeness (QED) is 0.871. The van der Waals surface area contributed by atoms with E-state index in [2.05, 4.69) is 0 Å². The van der Waals surface area contributed by atoms with Gasteiger partial charge in [-0.05, 0) is 30.9 Å². The lowest BCUT2D eigenvalue weighted by atomic mass is 9.89. The van der Waals surface area contributed by atoms with Crippen LogP contribution < -0.4 is 9.47 Å². The van der Waals surface area contributed by atoms with Crippen molar-refractivity contribution >= 4 is 5.97 Å². The third kappa shape index (κ3) is 1.72. The lowest BCUT2D eigenvalue weighted by Crippen LogP contribution is -2.22. The van der Waals surface area contributed by atoms with Crippen LogP contribution in [-0.2, 0) is 16.6 Å². The Morgan fingerprint density at radius 2 is 2.00 bits per heavy atom. The van der Waals surface area contributed by atoms with Gasteiger partial charge in [-0.3, -0.25) is 4.79 Å². The monoisotopic (exact) mass is 250 g/mol. The minimum absolute atomic E-state index is 0.566. The van der Waals surface area contributed by atoms with Crippen LogP contribution in [-0.4, -0.2) is 25.3 Å². The van der Waals surface area contributed by atoms with Gasteiger partial charge in [0.15, 0.2) is 11.5 Å². The summed E-state index contributed by atoms with van der Waals surface area (Å²) in [7, 11) is 3.12. The van der Waals surface area contributed by atoms with Gasteiger partial charge in [0.05, 0.1) is 19.6 Å². The van der Waals surface area contributed by atoms with E-state index in [-0.39, 0.29) is 0 Å².